The second-order valence-electron chi connectivity index (χ2n) is 5.10. The Kier molecular flexibility index (Phi) is 26.3. The van der Waals surface area contributed by atoms with E-state index in [1.165, 1.54) is 0 Å². The fraction of sp³-hybridized carbons (Fsp3) is 0.556. The third-order valence-corrected chi connectivity index (χ3v) is 5.36. The van der Waals surface area contributed by atoms with Crippen molar-refractivity contribution >= 4 is 90.1 Å². The molecule has 0 heterocycles. The Labute approximate surface area is 231 Å². The topological polar surface area (TPSA) is 247 Å². The van der Waals surface area contributed by atoms with E-state index in [1.807, 2.05) is 0 Å². The predicted molar refractivity (Wildman–Crippen MR) is 67.9 cm³/mol. The van der Waals surface area contributed by atoms with E-state index in [1.54, 1.807) is 0 Å². The van der Waals surface area contributed by atoms with E-state index in [-0.39, 0.29) is 107 Å². The average molecular weight is 582 g/mol. The molecule has 0 N–H and O–H groups in total. The summed E-state index contributed by atoms with van der Waals surface area (Å²) in [6.07, 6.45) is 0. The zero-order valence-corrected chi connectivity index (χ0v) is 22.7. The molecule has 0 aromatic carbocycles. The Morgan fingerprint density at radius 3 is 0.897 bits per heavy atom. The maximum atomic E-state index is 10.7. The third kappa shape index (κ3) is 25.4. The number of carboxylic acid groups (broad SMARTS) is 4. The van der Waals surface area contributed by atoms with Crippen molar-refractivity contribution in [2.45, 2.75) is 0.162 Å². The first kappa shape index (κ1) is 40.6. The van der Waals surface area contributed by atoms with Crippen molar-refractivity contribution in [1.29, 1.82) is 0 Å². The van der Waals surface area contributed by atoms with Crippen LogP contribution < -0.4 is 20.4 Å². The van der Waals surface area contributed by atoms with Crippen molar-refractivity contribution in [2.24, 2.45) is 0 Å². The van der Waals surface area contributed by atoms with Crippen molar-refractivity contribution in [1.82, 2.24) is 9.80 Å². The van der Waals surface area contributed by atoms with Crippen LogP contribution in [0.25, 0.3) is 0 Å². The molecule has 0 amide bonds. The summed E-state index contributed by atoms with van der Waals surface area (Å²) in [6.45, 7) is -3.18. The van der Waals surface area contributed by atoms with Gasteiger partial charge in [-0.3, -0.25) is 8.42 Å². The van der Waals surface area contributed by atoms with Crippen LogP contribution in [0.15, 0.2) is 0 Å². The number of rotatable bonds is 10. The van der Waals surface area contributed by atoms with Crippen LogP contribution in [0, 0.1) is 0 Å². The third-order valence-electron chi connectivity index (χ3n) is 2.83. The molecule has 0 aromatic rings. The minimum absolute atomic E-state index is 0. The molecular formula is C9H8Fe3N2Na2O12S. The maximum absolute atomic E-state index is 10.7. The molecule has 29 heavy (non-hydrogen) atoms. The summed E-state index contributed by atoms with van der Waals surface area (Å²) in [7, 11) is -5.17. The van der Waals surface area contributed by atoms with Gasteiger partial charge in [-0.15, -0.1) is 0 Å². The van der Waals surface area contributed by atoms with E-state index in [2.05, 4.69) is 0 Å². The molecule has 0 atom stereocenters. The molecule has 0 aliphatic carbocycles. The number of carbonyl (C=O) groups excluding carboxylic acids is 4. The molecule has 0 bridgehead atoms. The van der Waals surface area contributed by atoms with Gasteiger partial charge in [0, 0.05) is 10.4 Å². The fourth-order valence-corrected chi connectivity index (χ4v) is 2.97. The molecule has 0 aliphatic rings. The summed E-state index contributed by atoms with van der Waals surface area (Å²) in [6, 6.07) is 0. The Bertz CT molecular complexity index is 573. The fourth-order valence-electron chi connectivity index (χ4n) is 1.71. The van der Waals surface area contributed by atoms with Gasteiger partial charge in [0.2, 0.25) is 0 Å². The first-order valence-corrected chi connectivity index (χ1v) is 9.76. The maximum Gasteiger partial charge on any atom is 2.00 e. The molecule has 158 valence electrons. The van der Waals surface area contributed by atoms with Crippen molar-refractivity contribution in [3.05, 3.63) is 0 Å². The minimum atomic E-state index is -5.17. The van der Waals surface area contributed by atoms with Gasteiger partial charge in [-0.2, -0.15) is 0 Å². The number of hydrogen-bond donors (Lipinski definition) is 0. The van der Waals surface area contributed by atoms with Gasteiger partial charge in [0.1, 0.15) is 0 Å². The molecule has 0 aromatic heterocycles. The van der Waals surface area contributed by atoms with Gasteiger partial charge >= 0.3 is 207 Å². The molecule has 0 aliphatic heterocycles. The van der Waals surface area contributed by atoms with Crippen LogP contribution in [0.4, 0.5) is 0 Å². The van der Waals surface area contributed by atoms with Crippen LogP contribution in [0.1, 0.15) is 0 Å². The van der Waals surface area contributed by atoms with Gasteiger partial charge in [-0.25, -0.2) is 0 Å². The van der Waals surface area contributed by atoms with Gasteiger partial charge in [0.05, 0.1) is 0 Å². The molecule has 0 saturated heterocycles. The Hall–Kier alpha value is 1.23. The van der Waals surface area contributed by atoms with E-state index in [4.69, 9.17) is 17.5 Å². The van der Waals surface area contributed by atoms with E-state index < -0.39 is 60.6 Å². The van der Waals surface area contributed by atoms with Crippen LogP contribution in [0.3, 0.4) is 0 Å². The number of nitrogens with zero attached hydrogens (tertiary/aromatic N) is 2. The second-order valence-corrected chi connectivity index (χ2v) is 11.7. The summed E-state index contributed by atoms with van der Waals surface area (Å²) in [4.78, 5) is 44.6. The van der Waals surface area contributed by atoms with Crippen LogP contribution in [-0.2, 0) is 80.8 Å². The zero-order valence-electron chi connectivity index (χ0n) is 14.6. The Balaban J connectivity index is -0.000000213. The normalized spacial score (nSPS) is 10.5. The van der Waals surface area contributed by atoms with E-state index in [9.17, 15) is 39.6 Å². The summed E-state index contributed by atoms with van der Waals surface area (Å²) < 4.78 is 32.8. The molecular weight excluding hydrogens is 574 g/mol. The van der Waals surface area contributed by atoms with Gasteiger partial charge in [-0.1, -0.05) is 0 Å². The monoisotopic (exact) mass is 582 g/mol. The summed E-state index contributed by atoms with van der Waals surface area (Å²) in [5.41, 5.74) is 0. The quantitative estimate of drug-likeness (QED) is 0.101. The van der Waals surface area contributed by atoms with Gasteiger partial charge in [0.15, 0.2) is 0 Å². The molecule has 0 radical (unpaired) electrons. The number of hydrogen-bond acceptors (Lipinski definition) is 14. The van der Waals surface area contributed by atoms with Crippen molar-refractivity contribution < 1.29 is 108 Å². The van der Waals surface area contributed by atoms with Crippen LogP contribution in [-0.4, -0.2) is 133 Å². The van der Waals surface area contributed by atoms with Crippen LogP contribution in [0.5, 0.6) is 0 Å². The number of aliphatic carboxylic acids is 4. The Morgan fingerprint density at radius 2 is 0.793 bits per heavy atom. The number of carboxylic acids is 4. The molecule has 0 fully saturated rings. The largest absolute Gasteiger partial charge is 2.00 e. The van der Waals surface area contributed by atoms with Crippen molar-refractivity contribution in [2.75, 3.05) is 26.2 Å². The summed E-state index contributed by atoms with van der Waals surface area (Å²) >= 11 is 0.171. The molecule has 0 rings (SSSR count). The van der Waals surface area contributed by atoms with Crippen LogP contribution in [0.2, 0.25) is 0 Å². The Morgan fingerprint density at radius 1 is 0.655 bits per heavy atom. The smallest absolute Gasteiger partial charge is 0.759 e. The summed E-state index contributed by atoms with van der Waals surface area (Å²) in [5.74, 6) is -6.30. The number of carbonyl (C=O) groups is 4. The second kappa shape index (κ2) is 18.8. The zero-order chi connectivity index (χ0) is 21.3. The standard InChI is InChI=1S/C9H12N2O8.3Fe.2Na.H2O4S/c12-6(13)1-10(2-7(14)15)5-11(3-8(16)17)4-9(18)19;;;;;;1-5(2,3)4/h1-4H2,(H,12,13)(H,14,15)(H,16,17)(H,18,19);;;;;;(H2,1,2,3,4)/q;3*+2;;;/p-6. The van der Waals surface area contributed by atoms with E-state index in [0.717, 1.165) is 9.80 Å². The van der Waals surface area contributed by atoms with Gasteiger partial charge in [-0.05, 0) is 0 Å². The minimum Gasteiger partial charge on any atom is -0.759 e. The molecule has 20 heteroatoms. The first-order chi connectivity index (χ1) is 11.5. The summed E-state index contributed by atoms with van der Waals surface area (Å²) in [5, 5.41) is 42.8. The average Bonchev–Trinajstić information content (AvgIpc) is 2.32. The van der Waals surface area contributed by atoms with E-state index in [0.29, 0.717) is 0 Å². The van der Waals surface area contributed by atoms with Gasteiger partial charge < -0.3 is 9.11 Å². The van der Waals surface area contributed by atoms with Gasteiger partial charge in [0.25, 0.3) is 0 Å². The van der Waals surface area contributed by atoms with Crippen molar-refractivity contribution in [3.63, 3.8) is 0 Å². The predicted octanol–water partition coefficient (Wildman–Crippen LogP) is -9.81. The van der Waals surface area contributed by atoms with Crippen LogP contribution >= 0.6 is 0 Å². The molecule has 0 unspecified atom stereocenters. The first-order valence-electron chi connectivity index (χ1n) is 6.43. The molecule has 0 saturated carbocycles. The van der Waals surface area contributed by atoms with Crippen molar-refractivity contribution in [3.8, 4) is 0 Å². The SMILES string of the molecule is O=C([O-])CN(CC(=O)[O-])[C]([Na])([Na])N(CC(=O)[O-])CC(=O)[O-].O=S(=O)([O-])[O-].[Fe+2].[Fe+2].[Fe+2]. The van der Waals surface area contributed by atoms with E-state index >= 15 is 0 Å². The molecule has 14 nitrogen and oxygen atoms in total. The molecule has 0 spiro atoms.